The molecule has 28 heavy (non-hydrogen) atoms. The highest BCUT2D eigenvalue weighted by atomic mass is 35.5. The highest BCUT2D eigenvalue weighted by Crippen LogP contribution is 2.17. The number of fused-ring (bicyclic) bond motifs is 1. The lowest BCUT2D eigenvalue weighted by Gasteiger charge is -2.34. The number of carbonyl (C=O) groups excluding carboxylic acids is 2. The summed E-state index contributed by atoms with van der Waals surface area (Å²) in [6, 6.07) is 13.6. The molecule has 1 aromatic heterocycles. The zero-order chi connectivity index (χ0) is 19.7. The van der Waals surface area contributed by atoms with E-state index in [-0.39, 0.29) is 23.1 Å². The third kappa shape index (κ3) is 3.36. The average Bonchev–Trinajstić information content (AvgIpc) is 2.74. The molecule has 7 nitrogen and oxygen atoms in total. The summed E-state index contributed by atoms with van der Waals surface area (Å²) < 4.78 is 0. The highest BCUT2D eigenvalue weighted by molar-refractivity contribution is 6.30. The second kappa shape index (κ2) is 7.44. The van der Waals surface area contributed by atoms with E-state index in [9.17, 15) is 14.4 Å². The Hall–Kier alpha value is -3.19. The Balaban J connectivity index is 1.49. The molecule has 0 bridgehead atoms. The van der Waals surface area contributed by atoms with Gasteiger partial charge in [0.1, 0.15) is 0 Å². The van der Waals surface area contributed by atoms with E-state index in [0.29, 0.717) is 47.5 Å². The van der Waals surface area contributed by atoms with Gasteiger partial charge in [-0.3, -0.25) is 14.4 Å². The number of nitrogens with one attached hydrogen (secondary N) is 1. The average molecular weight is 397 g/mol. The first kappa shape index (κ1) is 18.2. The number of halogens is 1. The van der Waals surface area contributed by atoms with Gasteiger partial charge in [0.2, 0.25) is 0 Å². The van der Waals surface area contributed by atoms with Crippen molar-refractivity contribution in [1.82, 2.24) is 20.0 Å². The van der Waals surface area contributed by atoms with Gasteiger partial charge < -0.3 is 9.80 Å². The summed E-state index contributed by atoms with van der Waals surface area (Å²) in [5.41, 5.74) is 0.454. The fourth-order valence-corrected chi connectivity index (χ4v) is 3.44. The van der Waals surface area contributed by atoms with Crippen LogP contribution in [-0.4, -0.2) is 58.0 Å². The van der Waals surface area contributed by atoms with E-state index < -0.39 is 0 Å². The lowest BCUT2D eigenvalue weighted by atomic mass is 10.1. The maximum absolute atomic E-state index is 12.9. The second-order valence-electron chi connectivity index (χ2n) is 6.54. The van der Waals surface area contributed by atoms with Crippen molar-refractivity contribution in [3.05, 3.63) is 75.2 Å². The summed E-state index contributed by atoms with van der Waals surface area (Å²) in [6.45, 7) is 1.64. The van der Waals surface area contributed by atoms with Gasteiger partial charge in [-0.1, -0.05) is 29.8 Å². The Bertz CT molecular complexity index is 1100. The first-order valence-electron chi connectivity index (χ1n) is 8.86. The Labute approximate surface area is 165 Å². The Morgan fingerprint density at radius 1 is 0.857 bits per heavy atom. The van der Waals surface area contributed by atoms with Crippen LogP contribution in [0.1, 0.15) is 20.8 Å². The molecule has 0 saturated carbocycles. The molecular formula is C20H17ClN4O3. The van der Waals surface area contributed by atoms with Crippen molar-refractivity contribution in [3.8, 4) is 0 Å². The van der Waals surface area contributed by atoms with Gasteiger partial charge in [0.05, 0.1) is 5.39 Å². The molecule has 4 rings (SSSR count). The van der Waals surface area contributed by atoms with E-state index in [1.165, 1.54) is 0 Å². The van der Waals surface area contributed by atoms with Gasteiger partial charge in [-0.25, -0.2) is 5.10 Å². The van der Waals surface area contributed by atoms with Crippen LogP contribution in [-0.2, 0) is 0 Å². The highest BCUT2D eigenvalue weighted by Gasteiger charge is 2.27. The van der Waals surface area contributed by atoms with E-state index in [2.05, 4.69) is 10.2 Å². The molecule has 1 fully saturated rings. The molecule has 8 heteroatoms. The number of hydrogen-bond donors (Lipinski definition) is 1. The van der Waals surface area contributed by atoms with Gasteiger partial charge in [-0.15, -0.1) is 0 Å². The van der Waals surface area contributed by atoms with Crippen molar-refractivity contribution >= 4 is 34.2 Å². The number of benzene rings is 2. The number of carbonyl (C=O) groups is 2. The normalized spacial score (nSPS) is 14.3. The van der Waals surface area contributed by atoms with Crippen LogP contribution in [0.25, 0.3) is 10.8 Å². The molecule has 0 atom stereocenters. The molecule has 1 aliphatic rings. The van der Waals surface area contributed by atoms with Crippen LogP contribution in [0.2, 0.25) is 5.02 Å². The van der Waals surface area contributed by atoms with Gasteiger partial charge in [0.15, 0.2) is 5.69 Å². The quantitative estimate of drug-likeness (QED) is 0.719. The first-order valence-corrected chi connectivity index (χ1v) is 9.24. The van der Waals surface area contributed by atoms with E-state index >= 15 is 0 Å². The first-order chi connectivity index (χ1) is 13.5. The summed E-state index contributed by atoms with van der Waals surface area (Å²) in [5, 5.41) is 7.89. The summed E-state index contributed by atoms with van der Waals surface area (Å²) in [4.78, 5) is 40.8. The van der Waals surface area contributed by atoms with E-state index in [4.69, 9.17) is 11.6 Å². The molecule has 1 saturated heterocycles. The van der Waals surface area contributed by atoms with Gasteiger partial charge in [-0.05, 0) is 30.3 Å². The van der Waals surface area contributed by atoms with Gasteiger partial charge in [0.25, 0.3) is 17.4 Å². The van der Waals surface area contributed by atoms with Crippen LogP contribution in [0.5, 0.6) is 0 Å². The predicted octanol–water partition coefficient (Wildman–Crippen LogP) is 2.17. The number of H-pyrrole nitrogens is 1. The van der Waals surface area contributed by atoms with Gasteiger partial charge in [0, 0.05) is 42.2 Å². The van der Waals surface area contributed by atoms with Crippen molar-refractivity contribution in [2.24, 2.45) is 0 Å². The van der Waals surface area contributed by atoms with Crippen LogP contribution in [0.4, 0.5) is 0 Å². The lowest BCUT2D eigenvalue weighted by molar-refractivity contribution is 0.0533. The van der Waals surface area contributed by atoms with Crippen LogP contribution in [0.3, 0.4) is 0 Å². The smallest absolute Gasteiger partial charge is 0.275 e. The number of aromatic amines is 1. The lowest BCUT2D eigenvalue weighted by Crippen LogP contribution is -2.50. The number of rotatable bonds is 2. The van der Waals surface area contributed by atoms with Crippen molar-refractivity contribution in [2.45, 2.75) is 0 Å². The van der Waals surface area contributed by atoms with Gasteiger partial charge >= 0.3 is 0 Å². The molecule has 0 unspecified atom stereocenters. The van der Waals surface area contributed by atoms with E-state index in [1.54, 1.807) is 58.3 Å². The molecule has 1 N–H and O–H groups in total. The van der Waals surface area contributed by atoms with Crippen LogP contribution in [0.15, 0.2) is 53.3 Å². The van der Waals surface area contributed by atoms with Crippen molar-refractivity contribution in [3.63, 3.8) is 0 Å². The summed E-state index contributed by atoms with van der Waals surface area (Å²) >= 11 is 5.87. The zero-order valence-electron chi connectivity index (χ0n) is 14.9. The maximum Gasteiger partial charge on any atom is 0.275 e. The SMILES string of the molecule is O=C(c1ccc(Cl)cc1)N1CCN(C(=O)c2n[nH]c(=O)c3ccccc23)CC1. The standard InChI is InChI=1S/C20H17ClN4O3/c21-14-7-5-13(6-8-14)19(27)24-9-11-25(12-10-24)20(28)17-15-3-1-2-4-16(15)18(26)23-22-17/h1-8H,9-12H2,(H,23,26). The molecule has 0 spiro atoms. The second-order valence-corrected chi connectivity index (χ2v) is 6.97. The van der Waals surface area contributed by atoms with Gasteiger partial charge in [-0.2, -0.15) is 5.10 Å². The largest absolute Gasteiger partial charge is 0.335 e. The molecule has 2 amide bonds. The fraction of sp³-hybridized carbons (Fsp3) is 0.200. The molecule has 2 aromatic carbocycles. The molecule has 3 aromatic rings. The Morgan fingerprint density at radius 2 is 1.43 bits per heavy atom. The van der Waals surface area contributed by atoms with Crippen molar-refractivity contribution in [1.29, 1.82) is 0 Å². The van der Waals surface area contributed by atoms with Crippen molar-refractivity contribution in [2.75, 3.05) is 26.2 Å². The molecule has 0 radical (unpaired) electrons. The third-order valence-electron chi connectivity index (χ3n) is 4.84. The predicted molar refractivity (Wildman–Crippen MR) is 106 cm³/mol. The van der Waals surface area contributed by atoms with Crippen LogP contribution < -0.4 is 5.56 Å². The number of aromatic nitrogens is 2. The minimum absolute atomic E-state index is 0.0867. The molecule has 2 heterocycles. The van der Waals surface area contributed by atoms with Crippen molar-refractivity contribution < 1.29 is 9.59 Å². The topological polar surface area (TPSA) is 86.4 Å². The Morgan fingerprint density at radius 3 is 2.07 bits per heavy atom. The van der Waals surface area contributed by atoms with Crippen LogP contribution >= 0.6 is 11.6 Å². The fourth-order valence-electron chi connectivity index (χ4n) is 3.32. The number of amides is 2. The third-order valence-corrected chi connectivity index (χ3v) is 5.10. The Kier molecular flexibility index (Phi) is 4.83. The summed E-state index contributed by atoms with van der Waals surface area (Å²) in [7, 11) is 0. The summed E-state index contributed by atoms with van der Waals surface area (Å²) in [5.74, 6) is -0.345. The molecule has 0 aliphatic carbocycles. The van der Waals surface area contributed by atoms with E-state index in [0.717, 1.165) is 0 Å². The van der Waals surface area contributed by atoms with E-state index in [1.807, 2.05) is 0 Å². The summed E-state index contributed by atoms with van der Waals surface area (Å²) in [6.07, 6.45) is 0. The maximum atomic E-state index is 12.9. The number of nitrogens with zero attached hydrogens (tertiary/aromatic N) is 3. The minimum Gasteiger partial charge on any atom is -0.335 e. The van der Waals surface area contributed by atoms with Crippen LogP contribution in [0, 0.1) is 0 Å². The zero-order valence-corrected chi connectivity index (χ0v) is 15.6. The monoisotopic (exact) mass is 396 g/mol. The molecule has 142 valence electrons. The number of piperazine rings is 1. The molecular weight excluding hydrogens is 380 g/mol. The minimum atomic E-state index is -0.328. The molecule has 1 aliphatic heterocycles. The number of hydrogen-bond acceptors (Lipinski definition) is 4.